The van der Waals surface area contributed by atoms with Crippen LogP contribution in [0.1, 0.15) is 35.6 Å². The van der Waals surface area contributed by atoms with E-state index < -0.39 is 17.9 Å². The first-order valence-electron chi connectivity index (χ1n) is 11.8. The van der Waals surface area contributed by atoms with Gasteiger partial charge in [-0.3, -0.25) is 0 Å². The van der Waals surface area contributed by atoms with Crippen molar-refractivity contribution in [2.24, 2.45) is 0 Å². The fourth-order valence-electron chi connectivity index (χ4n) is 4.60. The Morgan fingerprint density at radius 1 is 0.892 bits per heavy atom. The molecule has 4 rings (SSSR count). The first-order valence-corrected chi connectivity index (χ1v) is 12.6. The number of carbonyl (C=O) groups excluding carboxylic acids is 3. The highest BCUT2D eigenvalue weighted by atomic mass is 79.9. The minimum absolute atomic E-state index is 0.0221. The van der Waals surface area contributed by atoms with Crippen molar-refractivity contribution < 1.29 is 28.6 Å². The number of carbonyl (C=O) groups is 3. The van der Waals surface area contributed by atoms with Crippen LogP contribution in [0.25, 0.3) is 33.2 Å². The Balaban J connectivity index is 2.25. The predicted octanol–water partition coefficient (Wildman–Crippen LogP) is 6.10. The maximum atomic E-state index is 13.4. The molecule has 0 aliphatic heterocycles. The number of fused-ring (bicyclic) bond motifs is 3. The monoisotopic (exact) mass is 563 g/mol. The number of benzene rings is 1. The summed E-state index contributed by atoms with van der Waals surface area (Å²) < 4.78 is 18.4. The largest absolute Gasteiger partial charge is 0.465 e. The summed E-state index contributed by atoms with van der Waals surface area (Å²) in [6, 6.07) is 16.9. The molecule has 0 unspecified atom stereocenters. The molecular weight excluding hydrogens is 538 g/mol. The smallest absolute Gasteiger partial charge is 0.340 e. The fourth-order valence-corrected chi connectivity index (χ4v) is 4.86. The van der Waals surface area contributed by atoms with Crippen LogP contribution in [0.5, 0.6) is 0 Å². The molecule has 0 saturated heterocycles. The first kappa shape index (κ1) is 26.2. The highest BCUT2D eigenvalue weighted by Gasteiger charge is 2.34. The molecule has 7 nitrogen and oxygen atoms in total. The van der Waals surface area contributed by atoms with Gasteiger partial charge in [0, 0.05) is 32.7 Å². The first-order chi connectivity index (χ1) is 17.8. The van der Waals surface area contributed by atoms with Crippen molar-refractivity contribution in [3.8, 4) is 16.8 Å². The zero-order chi connectivity index (χ0) is 26.7. The van der Waals surface area contributed by atoms with Crippen LogP contribution >= 0.6 is 15.9 Å². The Kier molecular flexibility index (Phi) is 7.78. The van der Waals surface area contributed by atoms with E-state index in [4.69, 9.17) is 14.2 Å². The number of hydrogen-bond acceptors (Lipinski definition) is 6. The maximum absolute atomic E-state index is 13.4. The Morgan fingerprint density at radius 3 is 2.16 bits per heavy atom. The molecule has 2 aliphatic carbocycles. The number of nitrogens with zero attached hydrogens (tertiary/aromatic N) is 1. The molecule has 1 heterocycles. The molecule has 0 fully saturated rings. The van der Waals surface area contributed by atoms with Gasteiger partial charge in [0.05, 0.1) is 37.2 Å². The van der Waals surface area contributed by atoms with Crippen LogP contribution in [0.2, 0.25) is 0 Å². The summed E-state index contributed by atoms with van der Waals surface area (Å²) in [4.78, 5) is 39.2. The highest BCUT2D eigenvalue weighted by Crippen LogP contribution is 2.46. The Bertz CT molecular complexity index is 1500. The zero-order valence-electron chi connectivity index (χ0n) is 21.0. The number of methoxy groups -OCH3 is 1. The van der Waals surface area contributed by atoms with Crippen molar-refractivity contribution >= 4 is 50.2 Å². The van der Waals surface area contributed by atoms with Gasteiger partial charge in [0.1, 0.15) is 0 Å². The number of esters is 3. The Labute approximate surface area is 223 Å². The average molecular weight is 564 g/mol. The molecule has 0 amide bonds. The lowest BCUT2D eigenvalue weighted by atomic mass is 10.0. The summed E-state index contributed by atoms with van der Waals surface area (Å²) in [6.45, 7) is 5.52. The second-order valence-electron chi connectivity index (χ2n) is 8.13. The van der Waals surface area contributed by atoms with E-state index in [0.717, 1.165) is 32.9 Å². The van der Waals surface area contributed by atoms with Crippen LogP contribution in [0.15, 0.2) is 65.1 Å². The number of aryl methyl sites for hydroxylation is 1. The van der Waals surface area contributed by atoms with Gasteiger partial charge >= 0.3 is 17.9 Å². The number of hydrogen-bond donors (Lipinski definition) is 0. The third-order valence-electron chi connectivity index (χ3n) is 6.01. The van der Waals surface area contributed by atoms with E-state index in [1.54, 1.807) is 13.8 Å². The van der Waals surface area contributed by atoms with Gasteiger partial charge in [-0.15, -0.1) is 0 Å². The van der Waals surface area contributed by atoms with Gasteiger partial charge in [-0.2, -0.15) is 0 Å². The van der Waals surface area contributed by atoms with Gasteiger partial charge in [0.25, 0.3) is 0 Å². The minimum Gasteiger partial charge on any atom is -0.465 e. The molecule has 0 saturated carbocycles. The molecule has 8 heteroatoms. The summed E-state index contributed by atoms with van der Waals surface area (Å²) in [5.74, 6) is -1.96. The number of ether oxygens (including phenoxy) is 3. The van der Waals surface area contributed by atoms with Gasteiger partial charge in [0.2, 0.25) is 0 Å². The van der Waals surface area contributed by atoms with Crippen molar-refractivity contribution in [1.29, 1.82) is 0 Å². The number of aromatic nitrogens is 1. The lowest BCUT2D eigenvalue weighted by Crippen LogP contribution is -2.14. The van der Waals surface area contributed by atoms with Crippen molar-refractivity contribution in [3.63, 3.8) is 0 Å². The second-order valence-corrected chi connectivity index (χ2v) is 9.05. The van der Waals surface area contributed by atoms with E-state index in [9.17, 15) is 14.4 Å². The molecule has 2 aromatic rings. The molecule has 2 aliphatic rings. The van der Waals surface area contributed by atoms with Crippen LogP contribution < -0.4 is 0 Å². The van der Waals surface area contributed by atoms with Gasteiger partial charge < -0.3 is 18.8 Å². The van der Waals surface area contributed by atoms with E-state index in [2.05, 4.69) is 15.9 Å². The average Bonchev–Trinajstić information content (AvgIpc) is 3.22. The minimum atomic E-state index is -0.708. The normalized spacial score (nSPS) is 11.5. The molecular formula is C29H26BrNO6. The fraction of sp³-hybridized carbons (Fsp3) is 0.207. The molecule has 0 spiro atoms. The van der Waals surface area contributed by atoms with Crippen molar-refractivity contribution in [1.82, 2.24) is 4.57 Å². The Hall–Kier alpha value is -3.91. The summed E-state index contributed by atoms with van der Waals surface area (Å²) in [5.41, 5.74) is 3.62. The molecule has 0 bridgehead atoms. The quantitative estimate of drug-likeness (QED) is 0.153. The topological polar surface area (TPSA) is 83.8 Å². The zero-order valence-corrected chi connectivity index (χ0v) is 22.5. The van der Waals surface area contributed by atoms with Crippen LogP contribution in [-0.2, 0) is 23.8 Å². The van der Waals surface area contributed by atoms with E-state index in [1.807, 2.05) is 66.1 Å². The number of rotatable bonds is 7. The maximum Gasteiger partial charge on any atom is 0.340 e. The standard InChI is InChI=1S/C29H26BrNO6/c1-5-36-23(32)16-22(28(33)37-6-2)27-26-24(17(3)31(27)19-14-12-18(30)13-15-19)20-10-8-7-9-11-21(20)25(26)29(34)35-4/h7-16H,5-6H2,1-4H3/b22-16-. The SMILES string of the molecule is CCOC(=O)/C=C(\C(=O)OCC)c1c2c(C(=O)OC)c3cccccc-3c2c(C)n1-c1ccc(Br)cc1. The van der Waals surface area contributed by atoms with Crippen molar-refractivity contribution in [2.45, 2.75) is 20.8 Å². The Morgan fingerprint density at radius 2 is 1.54 bits per heavy atom. The summed E-state index contributed by atoms with van der Waals surface area (Å²) >= 11 is 3.47. The lowest BCUT2D eigenvalue weighted by Gasteiger charge is -2.16. The summed E-state index contributed by atoms with van der Waals surface area (Å²) in [6.07, 6.45) is 1.13. The number of halogens is 1. The molecule has 190 valence electrons. The molecule has 37 heavy (non-hydrogen) atoms. The molecule has 0 atom stereocenters. The van der Waals surface area contributed by atoms with Crippen molar-refractivity contribution in [2.75, 3.05) is 20.3 Å². The highest BCUT2D eigenvalue weighted by molar-refractivity contribution is 9.10. The van der Waals surface area contributed by atoms with Crippen LogP contribution in [-0.4, -0.2) is 42.8 Å². The van der Waals surface area contributed by atoms with Crippen molar-refractivity contribution in [3.05, 3.63) is 82.1 Å². The molecule has 0 N–H and O–H groups in total. The van der Waals surface area contributed by atoms with E-state index in [1.165, 1.54) is 7.11 Å². The third-order valence-corrected chi connectivity index (χ3v) is 6.54. The van der Waals surface area contributed by atoms with E-state index in [0.29, 0.717) is 22.2 Å². The molecule has 1 aromatic carbocycles. The van der Waals surface area contributed by atoms with E-state index >= 15 is 0 Å². The molecule has 0 radical (unpaired) electrons. The summed E-state index contributed by atoms with van der Waals surface area (Å²) in [7, 11) is 1.31. The van der Waals surface area contributed by atoms with Gasteiger partial charge in [-0.05, 0) is 56.2 Å². The second kappa shape index (κ2) is 11.0. The van der Waals surface area contributed by atoms with Gasteiger partial charge in [-0.1, -0.05) is 46.3 Å². The predicted molar refractivity (Wildman–Crippen MR) is 145 cm³/mol. The van der Waals surface area contributed by atoms with Gasteiger partial charge in [-0.25, -0.2) is 14.4 Å². The molecule has 1 aromatic heterocycles. The van der Waals surface area contributed by atoms with Crippen LogP contribution in [0, 0.1) is 6.92 Å². The van der Waals surface area contributed by atoms with Gasteiger partial charge in [0.15, 0.2) is 0 Å². The third kappa shape index (κ3) is 4.76. The van der Waals surface area contributed by atoms with Crippen LogP contribution in [0.4, 0.5) is 0 Å². The lowest BCUT2D eigenvalue weighted by molar-refractivity contribution is -0.139. The van der Waals surface area contributed by atoms with Crippen LogP contribution in [0.3, 0.4) is 0 Å². The van der Waals surface area contributed by atoms with E-state index in [-0.39, 0.29) is 18.8 Å². The summed E-state index contributed by atoms with van der Waals surface area (Å²) in [5, 5.41) is 1.26.